The lowest BCUT2D eigenvalue weighted by atomic mass is 9.98. The Morgan fingerprint density at radius 3 is 2.00 bits per heavy atom. The summed E-state index contributed by atoms with van der Waals surface area (Å²) in [5.41, 5.74) is -3.74. The van der Waals surface area contributed by atoms with Crippen LogP contribution in [0.1, 0.15) is 66.1 Å². The van der Waals surface area contributed by atoms with Crippen molar-refractivity contribution >= 4 is 11.8 Å². The van der Waals surface area contributed by atoms with Gasteiger partial charge in [-0.1, -0.05) is 19.9 Å². The molecule has 4 aromatic rings. The molecule has 1 N–H and O–H groups in total. The summed E-state index contributed by atoms with van der Waals surface area (Å²) in [6, 6.07) is 9.88. The number of halogens is 9. The summed E-state index contributed by atoms with van der Waals surface area (Å²) in [5, 5.41) is 8.82. The number of aromatic nitrogens is 2. The maximum absolute atomic E-state index is 14.0. The van der Waals surface area contributed by atoms with Crippen molar-refractivity contribution in [3.8, 4) is 22.8 Å². The molecule has 51 heavy (non-hydrogen) atoms. The number of benzene rings is 2. The summed E-state index contributed by atoms with van der Waals surface area (Å²) in [5.74, 6) is -0.785. The number of pyridine rings is 2. The number of nitrogens with zero attached hydrogens (tertiary/aromatic N) is 3. The second-order valence-electron chi connectivity index (χ2n) is 11.8. The van der Waals surface area contributed by atoms with Gasteiger partial charge in [0.2, 0.25) is 0 Å². The zero-order valence-corrected chi connectivity index (χ0v) is 27.4. The zero-order chi connectivity index (χ0) is 37.7. The van der Waals surface area contributed by atoms with Gasteiger partial charge in [-0.15, -0.1) is 0 Å². The Kier molecular flexibility index (Phi) is 11.8. The van der Waals surface area contributed by atoms with Gasteiger partial charge in [0.15, 0.2) is 0 Å². The van der Waals surface area contributed by atoms with Crippen molar-refractivity contribution < 1.29 is 58.9 Å². The Hall–Kier alpha value is -5.02. The van der Waals surface area contributed by atoms with E-state index >= 15 is 0 Å². The predicted molar refractivity (Wildman–Crippen MR) is 168 cm³/mol. The summed E-state index contributed by atoms with van der Waals surface area (Å²) in [7, 11) is 1.34. The first-order valence-electron chi connectivity index (χ1n) is 15.4. The minimum atomic E-state index is -5.14. The first kappa shape index (κ1) is 38.8. The zero-order valence-electron chi connectivity index (χ0n) is 27.4. The van der Waals surface area contributed by atoms with Crippen LogP contribution in [0, 0.1) is 0 Å². The highest BCUT2D eigenvalue weighted by Crippen LogP contribution is 2.39. The maximum atomic E-state index is 14.0. The molecule has 2 heterocycles. The number of carbonyl (C=O) groups is 1. The lowest BCUT2D eigenvalue weighted by molar-refractivity contribution is -0.143. The topological polar surface area (TPSA) is 84.8 Å². The molecule has 0 amide bonds. The van der Waals surface area contributed by atoms with E-state index in [4.69, 9.17) is 14.6 Å². The van der Waals surface area contributed by atoms with Crippen molar-refractivity contribution in [2.24, 2.45) is 0 Å². The third-order valence-corrected chi connectivity index (χ3v) is 7.61. The molecule has 0 aliphatic heterocycles. The average molecular weight is 730 g/mol. The van der Waals surface area contributed by atoms with E-state index in [1.165, 1.54) is 36.4 Å². The summed E-state index contributed by atoms with van der Waals surface area (Å²) in [6.45, 7) is 2.57. The lowest BCUT2D eigenvalue weighted by Gasteiger charge is -2.27. The first-order valence-corrected chi connectivity index (χ1v) is 15.4. The molecule has 0 unspecified atom stereocenters. The van der Waals surface area contributed by atoms with Crippen LogP contribution in [0.2, 0.25) is 0 Å². The fraction of sp³-hybridized carbons (Fsp3) is 0.343. The molecule has 0 spiro atoms. The third kappa shape index (κ3) is 10.3. The number of anilines is 1. The molecule has 0 fully saturated rings. The molecule has 0 bridgehead atoms. The van der Waals surface area contributed by atoms with E-state index in [1.807, 2.05) is 13.8 Å². The van der Waals surface area contributed by atoms with Crippen LogP contribution >= 0.6 is 0 Å². The molecule has 0 saturated heterocycles. The molecule has 2 aromatic heterocycles. The number of aliphatic carboxylic acids is 1. The highest BCUT2D eigenvalue weighted by molar-refractivity contribution is 5.71. The molecule has 0 aliphatic rings. The van der Waals surface area contributed by atoms with Crippen LogP contribution in [-0.2, 0) is 36.4 Å². The molecule has 0 saturated carbocycles. The van der Waals surface area contributed by atoms with Gasteiger partial charge in [-0.05, 0) is 78.1 Å². The van der Waals surface area contributed by atoms with E-state index in [9.17, 15) is 44.3 Å². The normalized spacial score (nSPS) is 12.3. The smallest absolute Gasteiger partial charge is 0.416 e. The molecule has 16 heteroatoms. The molecule has 4 rings (SSSR count). The van der Waals surface area contributed by atoms with Gasteiger partial charge in [0, 0.05) is 30.8 Å². The number of hydrogen-bond donors (Lipinski definition) is 1. The summed E-state index contributed by atoms with van der Waals surface area (Å²) in [4.78, 5) is 20.9. The van der Waals surface area contributed by atoms with Gasteiger partial charge in [0.05, 0.1) is 36.6 Å². The highest BCUT2D eigenvalue weighted by Gasteiger charge is 2.37. The number of alkyl halides is 9. The Morgan fingerprint density at radius 1 is 0.824 bits per heavy atom. The van der Waals surface area contributed by atoms with Crippen LogP contribution in [-0.4, -0.2) is 34.8 Å². The van der Waals surface area contributed by atoms with Crippen LogP contribution in [0.4, 0.5) is 45.3 Å². The number of carboxylic acid groups (broad SMARTS) is 1. The second-order valence-corrected chi connectivity index (χ2v) is 11.8. The lowest BCUT2D eigenvalue weighted by Crippen LogP contribution is -2.25. The number of rotatable bonds is 13. The monoisotopic (exact) mass is 729 g/mol. The van der Waals surface area contributed by atoms with Gasteiger partial charge < -0.3 is 19.5 Å². The number of ether oxygens (including phenoxy) is 2. The molecular formula is C35H32F9N3O4. The molecule has 7 nitrogen and oxygen atoms in total. The largest absolute Gasteiger partial charge is 0.494 e. The second kappa shape index (κ2) is 15.5. The van der Waals surface area contributed by atoms with Gasteiger partial charge >= 0.3 is 24.5 Å². The van der Waals surface area contributed by atoms with Crippen LogP contribution < -0.4 is 14.4 Å². The summed E-state index contributed by atoms with van der Waals surface area (Å²) >= 11 is 0. The molecule has 0 radical (unpaired) electrons. The third-order valence-electron chi connectivity index (χ3n) is 7.61. The molecule has 2 aromatic carbocycles. The highest BCUT2D eigenvalue weighted by atomic mass is 19.4. The Balaban J connectivity index is 1.87. The Morgan fingerprint density at radius 2 is 1.47 bits per heavy atom. The minimum Gasteiger partial charge on any atom is -0.494 e. The van der Waals surface area contributed by atoms with Gasteiger partial charge in [0.25, 0.3) is 0 Å². The Bertz CT molecular complexity index is 1790. The SMILES string of the molecule is COc1ccc(C(C)C)nc1-c1ccc(C(F)(F)F)cc1CN(Cc1cc(C(F)(F)F)cc(C(F)(F)F)c1)c1ccc(OCCCC(=O)O)cn1. The van der Waals surface area contributed by atoms with Gasteiger partial charge in [-0.3, -0.25) is 4.79 Å². The van der Waals surface area contributed by atoms with Crippen LogP contribution in [0.15, 0.2) is 66.9 Å². The quantitative estimate of drug-likeness (QED) is 0.108. The van der Waals surface area contributed by atoms with E-state index in [0.717, 1.165) is 12.1 Å². The van der Waals surface area contributed by atoms with Crippen molar-refractivity contribution in [3.63, 3.8) is 0 Å². The van der Waals surface area contributed by atoms with Crippen LogP contribution in [0.25, 0.3) is 11.3 Å². The predicted octanol–water partition coefficient (Wildman–Crippen LogP) is 9.78. The van der Waals surface area contributed by atoms with Crippen molar-refractivity contribution in [1.29, 1.82) is 0 Å². The average Bonchev–Trinajstić information content (AvgIpc) is 3.05. The minimum absolute atomic E-state index is 0.000632. The summed E-state index contributed by atoms with van der Waals surface area (Å²) < 4.78 is 136. The maximum Gasteiger partial charge on any atom is 0.416 e. The fourth-order valence-corrected chi connectivity index (χ4v) is 5.09. The summed E-state index contributed by atoms with van der Waals surface area (Å²) in [6.07, 6.45) is -13.9. The van der Waals surface area contributed by atoms with Gasteiger partial charge in [0.1, 0.15) is 23.0 Å². The van der Waals surface area contributed by atoms with Gasteiger partial charge in [-0.25, -0.2) is 9.97 Å². The van der Waals surface area contributed by atoms with E-state index in [2.05, 4.69) is 9.97 Å². The van der Waals surface area contributed by atoms with Crippen molar-refractivity contribution in [1.82, 2.24) is 9.97 Å². The van der Waals surface area contributed by atoms with Crippen molar-refractivity contribution in [3.05, 3.63) is 100 Å². The molecule has 274 valence electrons. The molecule has 0 aliphatic carbocycles. The van der Waals surface area contributed by atoms with Gasteiger partial charge in [-0.2, -0.15) is 39.5 Å². The molecule has 0 atom stereocenters. The standard InChI is InChI=1S/C35H32F9N3O4/c1-20(2)28-9-10-29(50-3)32(46-28)27-8-6-23(33(36,37)38)15-22(27)19-47(30-11-7-26(17-45-30)51-12-4-5-31(48)49)18-21-13-24(34(39,40)41)16-25(14-21)35(42,43)44/h6-11,13-17,20H,4-5,12,18-19H2,1-3H3,(H,48,49). The Labute approximate surface area is 286 Å². The van der Waals surface area contributed by atoms with E-state index in [0.29, 0.717) is 17.8 Å². The number of carboxylic acids is 1. The van der Waals surface area contributed by atoms with Crippen LogP contribution in [0.3, 0.4) is 0 Å². The van der Waals surface area contributed by atoms with E-state index in [1.54, 1.807) is 12.1 Å². The van der Waals surface area contributed by atoms with Crippen LogP contribution in [0.5, 0.6) is 11.5 Å². The molecular weight excluding hydrogens is 697 g/mol. The number of methoxy groups -OCH3 is 1. The first-order chi connectivity index (χ1) is 23.8. The van der Waals surface area contributed by atoms with Crippen molar-refractivity contribution in [2.45, 2.75) is 64.2 Å². The number of hydrogen-bond acceptors (Lipinski definition) is 6. The van der Waals surface area contributed by atoms with E-state index < -0.39 is 59.8 Å². The van der Waals surface area contributed by atoms with Crippen molar-refractivity contribution in [2.75, 3.05) is 18.6 Å². The van der Waals surface area contributed by atoms with E-state index in [-0.39, 0.29) is 65.6 Å². The fourth-order valence-electron chi connectivity index (χ4n) is 5.09.